The molecule has 0 aromatic heterocycles. The van der Waals surface area contributed by atoms with E-state index < -0.39 is 0 Å². The number of hydrogen-bond donors (Lipinski definition) is 1. The van der Waals surface area contributed by atoms with Crippen molar-refractivity contribution < 1.29 is 0 Å². The molecule has 0 aliphatic rings. The van der Waals surface area contributed by atoms with Crippen LogP contribution in [0, 0.1) is 0 Å². The number of aryl methyl sites for hydroxylation is 1. The third-order valence-corrected chi connectivity index (χ3v) is 4.19. The zero-order chi connectivity index (χ0) is 15.3. The molecule has 1 unspecified atom stereocenters. The monoisotopic (exact) mass is 289 g/mol. The van der Waals surface area contributed by atoms with Gasteiger partial charge in [-0.05, 0) is 43.4 Å². The summed E-state index contributed by atoms with van der Waals surface area (Å²) in [5.74, 6) is 0. The van der Waals surface area contributed by atoms with Crippen LogP contribution < -0.4 is 5.32 Å². The summed E-state index contributed by atoms with van der Waals surface area (Å²) in [5.41, 5.74) is 2.96. The van der Waals surface area contributed by atoms with Crippen LogP contribution in [0.15, 0.2) is 24.3 Å². The summed E-state index contributed by atoms with van der Waals surface area (Å²) in [4.78, 5) is 0. The van der Waals surface area contributed by atoms with Crippen LogP contribution in [0.2, 0.25) is 0 Å². The van der Waals surface area contributed by atoms with Crippen molar-refractivity contribution in [2.75, 3.05) is 6.54 Å². The summed E-state index contributed by atoms with van der Waals surface area (Å²) in [6.07, 6.45) is 11.7. The molecular formula is C20H35N. The number of hydrogen-bond acceptors (Lipinski definition) is 1. The van der Waals surface area contributed by atoms with Gasteiger partial charge < -0.3 is 5.32 Å². The van der Waals surface area contributed by atoms with Crippen molar-refractivity contribution in [3.05, 3.63) is 35.4 Å². The van der Waals surface area contributed by atoms with Gasteiger partial charge in [0.2, 0.25) is 0 Å². The maximum Gasteiger partial charge on any atom is 0.0320 e. The van der Waals surface area contributed by atoms with E-state index >= 15 is 0 Å². The number of rotatable bonds is 12. The van der Waals surface area contributed by atoms with E-state index in [4.69, 9.17) is 0 Å². The Balaban J connectivity index is 2.54. The molecule has 0 fully saturated rings. The van der Waals surface area contributed by atoms with Crippen LogP contribution in [-0.4, -0.2) is 6.54 Å². The quantitative estimate of drug-likeness (QED) is 0.462. The molecule has 0 radical (unpaired) electrons. The Bertz CT molecular complexity index is 341. The number of benzene rings is 1. The fourth-order valence-electron chi connectivity index (χ4n) is 2.78. The van der Waals surface area contributed by atoms with Crippen molar-refractivity contribution in [3.63, 3.8) is 0 Å². The van der Waals surface area contributed by atoms with Crippen LogP contribution in [0.25, 0.3) is 0 Å². The van der Waals surface area contributed by atoms with E-state index in [2.05, 4.69) is 50.4 Å². The molecule has 0 aliphatic heterocycles. The minimum absolute atomic E-state index is 0.544. The lowest BCUT2D eigenvalue weighted by Crippen LogP contribution is -2.22. The largest absolute Gasteiger partial charge is 0.310 e. The fraction of sp³-hybridized carbons (Fsp3) is 0.700. The average Bonchev–Trinajstić information content (AvgIpc) is 2.53. The SMILES string of the molecule is CCCCCCC(NCCC)c1ccc(CCCC)cc1. The molecule has 1 rings (SSSR count). The lowest BCUT2D eigenvalue weighted by Gasteiger charge is -2.19. The molecule has 0 spiro atoms. The summed E-state index contributed by atoms with van der Waals surface area (Å²) < 4.78 is 0. The molecular weight excluding hydrogens is 254 g/mol. The van der Waals surface area contributed by atoms with E-state index in [0.29, 0.717) is 6.04 Å². The summed E-state index contributed by atoms with van der Waals surface area (Å²) in [7, 11) is 0. The third kappa shape index (κ3) is 7.66. The van der Waals surface area contributed by atoms with Gasteiger partial charge in [0.15, 0.2) is 0 Å². The molecule has 0 amide bonds. The van der Waals surface area contributed by atoms with Crippen molar-refractivity contribution in [1.29, 1.82) is 0 Å². The third-order valence-electron chi connectivity index (χ3n) is 4.19. The first-order valence-electron chi connectivity index (χ1n) is 9.14. The summed E-state index contributed by atoms with van der Waals surface area (Å²) >= 11 is 0. The van der Waals surface area contributed by atoms with Gasteiger partial charge in [0, 0.05) is 6.04 Å². The highest BCUT2D eigenvalue weighted by Gasteiger charge is 2.10. The molecule has 0 bridgehead atoms. The molecule has 1 N–H and O–H groups in total. The molecule has 21 heavy (non-hydrogen) atoms. The van der Waals surface area contributed by atoms with Crippen LogP contribution in [-0.2, 0) is 6.42 Å². The Labute approximate surface area is 132 Å². The lowest BCUT2D eigenvalue weighted by atomic mass is 9.97. The Morgan fingerprint density at radius 1 is 0.810 bits per heavy atom. The van der Waals surface area contributed by atoms with Gasteiger partial charge in [0.1, 0.15) is 0 Å². The van der Waals surface area contributed by atoms with Crippen LogP contribution in [0.3, 0.4) is 0 Å². The molecule has 0 saturated carbocycles. The van der Waals surface area contributed by atoms with Gasteiger partial charge >= 0.3 is 0 Å². The molecule has 1 heteroatoms. The molecule has 0 heterocycles. The Hall–Kier alpha value is -0.820. The second-order valence-electron chi connectivity index (χ2n) is 6.20. The maximum atomic E-state index is 3.73. The first-order valence-corrected chi connectivity index (χ1v) is 9.14. The molecule has 120 valence electrons. The zero-order valence-electron chi connectivity index (χ0n) is 14.5. The topological polar surface area (TPSA) is 12.0 Å². The summed E-state index contributed by atoms with van der Waals surface area (Å²) in [6, 6.07) is 9.90. The van der Waals surface area contributed by atoms with E-state index in [1.165, 1.54) is 68.9 Å². The fourth-order valence-corrected chi connectivity index (χ4v) is 2.78. The van der Waals surface area contributed by atoms with E-state index in [1.54, 1.807) is 0 Å². The number of unbranched alkanes of at least 4 members (excludes halogenated alkanes) is 4. The van der Waals surface area contributed by atoms with Gasteiger partial charge in [-0.1, -0.05) is 77.1 Å². The molecule has 0 saturated heterocycles. The highest BCUT2D eigenvalue weighted by atomic mass is 14.9. The highest BCUT2D eigenvalue weighted by molar-refractivity contribution is 5.25. The predicted molar refractivity (Wildman–Crippen MR) is 94.8 cm³/mol. The normalized spacial score (nSPS) is 12.5. The van der Waals surface area contributed by atoms with Crippen molar-refractivity contribution >= 4 is 0 Å². The Morgan fingerprint density at radius 3 is 2.14 bits per heavy atom. The minimum atomic E-state index is 0.544. The first-order chi connectivity index (χ1) is 10.3. The standard InChI is InChI=1S/C20H35N/c1-4-7-9-10-12-20(21-17-6-3)19-15-13-18(14-16-19)11-8-5-2/h13-16,20-21H,4-12,17H2,1-3H3. The number of nitrogens with one attached hydrogen (secondary N) is 1. The maximum absolute atomic E-state index is 3.73. The molecule has 1 aromatic carbocycles. The van der Waals surface area contributed by atoms with Gasteiger partial charge in [-0.3, -0.25) is 0 Å². The first kappa shape index (κ1) is 18.2. The van der Waals surface area contributed by atoms with Gasteiger partial charge in [0.25, 0.3) is 0 Å². The van der Waals surface area contributed by atoms with Crippen molar-refractivity contribution in [3.8, 4) is 0 Å². The van der Waals surface area contributed by atoms with Gasteiger partial charge in [-0.15, -0.1) is 0 Å². The van der Waals surface area contributed by atoms with Crippen LogP contribution >= 0.6 is 0 Å². The van der Waals surface area contributed by atoms with Crippen molar-refractivity contribution in [2.45, 2.75) is 84.6 Å². The second-order valence-corrected chi connectivity index (χ2v) is 6.20. The van der Waals surface area contributed by atoms with Gasteiger partial charge in [0.05, 0.1) is 0 Å². The van der Waals surface area contributed by atoms with Crippen molar-refractivity contribution in [1.82, 2.24) is 5.32 Å². The van der Waals surface area contributed by atoms with Gasteiger partial charge in [-0.25, -0.2) is 0 Å². The predicted octanol–water partition coefficient (Wildman–Crippen LogP) is 6.04. The van der Waals surface area contributed by atoms with E-state index in [9.17, 15) is 0 Å². The molecule has 1 atom stereocenters. The van der Waals surface area contributed by atoms with Crippen LogP contribution in [0.4, 0.5) is 0 Å². The van der Waals surface area contributed by atoms with Crippen LogP contribution in [0.1, 0.15) is 89.3 Å². The molecule has 1 nitrogen and oxygen atoms in total. The van der Waals surface area contributed by atoms with Gasteiger partial charge in [-0.2, -0.15) is 0 Å². The minimum Gasteiger partial charge on any atom is -0.310 e. The summed E-state index contributed by atoms with van der Waals surface area (Å²) in [5, 5.41) is 3.73. The Kier molecular flexibility index (Phi) is 10.2. The van der Waals surface area contributed by atoms with Crippen molar-refractivity contribution in [2.24, 2.45) is 0 Å². The van der Waals surface area contributed by atoms with E-state index in [0.717, 1.165) is 6.54 Å². The average molecular weight is 290 g/mol. The Morgan fingerprint density at radius 2 is 1.52 bits per heavy atom. The summed E-state index contributed by atoms with van der Waals surface area (Å²) in [6.45, 7) is 7.90. The second kappa shape index (κ2) is 11.8. The zero-order valence-corrected chi connectivity index (χ0v) is 14.5. The molecule has 0 aliphatic carbocycles. The molecule has 1 aromatic rings. The lowest BCUT2D eigenvalue weighted by molar-refractivity contribution is 0.470. The smallest absolute Gasteiger partial charge is 0.0320 e. The van der Waals surface area contributed by atoms with Crippen LogP contribution in [0.5, 0.6) is 0 Å². The highest BCUT2D eigenvalue weighted by Crippen LogP contribution is 2.21. The van der Waals surface area contributed by atoms with E-state index in [1.807, 2.05) is 0 Å². The van der Waals surface area contributed by atoms with E-state index in [-0.39, 0.29) is 0 Å².